The van der Waals surface area contributed by atoms with Crippen molar-refractivity contribution in [2.75, 3.05) is 5.32 Å². The number of aromatic nitrogens is 3. The molecule has 0 aliphatic heterocycles. The third-order valence-electron chi connectivity index (χ3n) is 5.89. The Balaban J connectivity index is 1.53. The molecular weight excluding hydrogens is 550 g/mol. The highest BCUT2D eigenvalue weighted by Crippen LogP contribution is 2.43. The fourth-order valence-corrected chi connectivity index (χ4v) is 4.99. The molecule has 0 unspecified atom stereocenters. The third kappa shape index (κ3) is 5.36. The number of primary amides is 1. The Labute approximate surface area is 228 Å². The lowest BCUT2D eigenvalue weighted by molar-refractivity contribution is -0.140. The number of para-hydroxylation sites is 1. The minimum atomic E-state index is -4.81. The number of nitrogens with one attached hydrogen (secondary N) is 1. The van der Waals surface area contributed by atoms with Gasteiger partial charge < -0.3 is 15.8 Å². The normalized spacial score (nSPS) is 11.5. The van der Waals surface area contributed by atoms with Crippen molar-refractivity contribution in [3.63, 3.8) is 0 Å². The van der Waals surface area contributed by atoms with Gasteiger partial charge in [-0.15, -0.1) is 11.3 Å². The van der Waals surface area contributed by atoms with Crippen LogP contribution in [0.25, 0.3) is 21.3 Å². The van der Waals surface area contributed by atoms with Crippen LogP contribution < -0.4 is 15.8 Å². The van der Waals surface area contributed by atoms with Crippen molar-refractivity contribution in [2.45, 2.75) is 19.8 Å². The van der Waals surface area contributed by atoms with Gasteiger partial charge in [-0.2, -0.15) is 18.3 Å². The molecule has 3 heterocycles. The number of anilines is 1. The minimum Gasteiger partial charge on any atom is -0.471 e. The molecule has 3 N–H and O–H groups in total. The van der Waals surface area contributed by atoms with Crippen LogP contribution in [0, 0.1) is 12.7 Å². The molecule has 2 amide bonds. The molecule has 3 aromatic heterocycles. The number of carbonyl (C=O) groups is 2. The second-order valence-corrected chi connectivity index (χ2v) is 9.64. The average Bonchev–Trinajstić information content (AvgIpc) is 3.53. The molecule has 5 aromatic rings. The molecule has 2 aromatic carbocycles. The van der Waals surface area contributed by atoms with E-state index < -0.39 is 29.5 Å². The fraction of sp³-hybridized carbons (Fsp3) is 0.111. The van der Waals surface area contributed by atoms with Crippen molar-refractivity contribution in [1.29, 1.82) is 0 Å². The monoisotopic (exact) mass is 569 g/mol. The standard InChI is InChI=1S/C27H19F4N5O3S/c1-14-4-2-3-5-19(14)39-13-36-11-10-18(35-36)25(38)34-22-21-17(15-6-8-16(28)9-7-15)12-20(27(29,30)31)33-26(21)40-23(22)24(32)37/h2-12H,13H2,1H3,(H2,32,37)(H,34,38). The number of benzene rings is 2. The van der Waals surface area contributed by atoms with Gasteiger partial charge in [-0.05, 0) is 53.9 Å². The second-order valence-electron chi connectivity index (χ2n) is 8.64. The zero-order valence-electron chi connectivity index (χ0n) is 20.6. The van der Waals surface area contributed by atoms with Crippen molar-refractivity contribution < 1.29 is 31.9 Å². The van der Waals surface area contributed by atoms with Gasteiger partial charge in [0.15, 0.2) is 12.4 Å². The molecule has 0 aliphatic carbocycles. The van der Waals surface area contributed by atoms with Crippen molar-refractivity contribution >= 4 is 39.1 Å². The number of carbonyl (C=O) groups excluding carboxylic acids is 2. The Kier molecular flexibility index (Phi) is 6.98. The summed E-state index contributed by atoms with van der Waals surface area (Å²) in [7, 11) is 0. The Morgan fingerprint density at radius 3 is 2.50 bits per heavy atom. The molecule has 0 bridgehead atoms. The molecule has 204 valence electrons. The maximum Gasteiger partial charge on any atom is 0.433 e. The van der Waals surface area contributed by atoms with Gasteiger partial charge in [0.2, 0.25) is 0 Å². The predicted octanol–water partition coefficient (Wildman–Crippen LogP) is 6.01. The van der Waals surface area contributed by atoms with E-state index in [1.54, 1.807) is 6.07 Å². The van der Waals surface area contributed by atoms with Crippen LogP contribution in [0.4, 0.5) is 23.2 Å². The molecular formula is C27H19F4N5O3S. The van der Waals surface area contributed by atoms with Crippen LogP contribution in [-0.2, 0) is 12.9 Å². The number of nitrogens with two attached hydrogens (primary N) is 1. The first kappa shape index (κ1) is 26.8. The molecule has 0 spiro atoms. The van der Waals surface area contributed by atoms with Crippen molar-refractivity contribution in [1.82, 2.24) is 14.8 Å². The van der Waals surface area contributed by atoms with Crippen molar-refractivity contribution in [2.24, 2.45) is 5.73 Å². The number of hydrogen-bond acceptors (Lipinski definition) is 6. The minimum absolute atomic E-state index is 0.00487. The number of rotatable bonds is 7. The first-order valence-corrected chi connectivity index (χ1v) is 12.5. The van der Waals surface area contributed by atoms with Crippen LogP contribution in [0.1, 0.15) is 31.4 Å². The summed E-state index contributed by atoms with van der Waals surface area (Å²) < 4.78 is 61.7. The smallest absolute Gasteiger partial charge is 0.433 e. The van der Waals surface area contributed by atoms with Gasteiger partial charge in [0.05, 0.1) is 5.69 Å². The summed E-state index contributed by atoms with van der Waals surface area (Å²) in [6.07, 6.45) is -3.30. The number of nitrogens with zero attached hydrogens (tertiary/aromatic N) is 3. The Morgan fingerprint density at radius 1 is 1.10 bits per heavy atom. The summed E-state index contributed by atoms with van der Waals surface area (Å²) >= 11 is 0.604. The average molecular weight is 570 g/mol. The molecule has 5 rings (SSSR count). The highest BCUT2D eigenvalue weighted by atomic mass is 32.1. The number of thiophene rings is 1. The number of fused-ring (bicyclic) bond motifs is 1. The van der Waals surface area contributed by atoms with Crippen LogP contribution in [0.2, 0.25) is 0 Å². The van der Waals surface area contributed by atoms with E-state index in [4.69, 9.17) is 10.5 Å². The van der Waals surface area contributed by atoms with E-state index in [1.165, 1.54) is 29.1 Å². The molecule has 13 heteroatoms. The van der Waals surface area contributed by atoms with Crippen LogP contribution in [-0.4, -0.2) is 26.6 Å². The Hall–Kier alpha value is -4.78. The van der Waals surface area contributed by atoms with E-state index in [2.05, 4.69) is 15.4 Å². The van der Waals surface area contributed by atoms with Crippen LogP contribution in [0.15, 0.2) is 66.9 Å². The second kappa shape index (κ2) is 10.4. The van der Waals surface area contributed by atoms with E-state index >= 15 is 0 Å². The molecule has 0 aliphatic rings. The van der Waals surface area contributed by atoms with Gasteiger partial charge in [-0.1, -0.05) is 30.3 Å². The number of pyridine rings is 1. The predicted molar refractivity (Wildman–Crippen MR) is 141 cm³/mol. The van der Waals surface area contributed by atoms with E-state index in [1.807, 2.05) is 25.1 Å². The molecule has 0 atom stereocenters. The summed E-state index contributed by atoms with van der Waals surface area (Å²) in [5, 5.41) is 6.80. The van der Waals surface area contributed by atoms with Crippen molar-refractivity contribution in [3.8, 4) is 16.9 Å². The molecule has 0 radical (unpaired) electrons. The number of ether oxygens (including phenoxy) is 1. The van der Waals surface area contributed by atoms with Gasteiger partial charge in [-0.3, -0.25) is 9.59 Å². The summed E-state index contributed by atoms with van der Waals surface area (Å²) in [6.45, 7) is 1.89. The molecule has 0 saturated heterocycles. The van der Waals surface area contributed by atoms with Gasteiger partial charge in [0.25, 0.3) is 11.8 Å². The van der Waals surface area contributed by atoms with E-state index in [0.717, 1.165) is 23.8 Å². The number of alkyl halides is 3. The Morgan fingerprint density at radius 2 is 1.82 bits per heavy atom. The van der Waals surface area contributed by atoms with Crippen molar-refractivity contribution in [3.05, 3.63) is 94.5 Å². The zero-order chi connectivity index (χ0) is 28.6. The summed E-state index contributed by atoms with van der Waals surface area (Å²) in [4.78, 5) is 28.7. The lowest BCUT2D eigenvalue weighted by Crippen LogP contribution is -2.18. The lowest BCUT2D eigenvalue weighted by atomic mass is 10.0. The summed E-state index contributed by atoms with van der Waals surface area (Å²) in [5.41, 5.74) is 5.23. The highest BCUT2D eigenvalue weighted by Gasteiger charge is 2.35. The van der Waals surface area contributed by atoms with Gasteiger partial charge in [0, 0.05) is 11.6 Å². The number of hydrogen-bond donors (Lipinski definition) is 2. The summed E-state index contributed by atoms with van der Waals surface area (Å²) in [6, 6.07) is 14.3. The fourth-order valence-electron chi connectivity index (χ4n) is 3.98. The molecule has 0 saturated carbocycles. The highest BCUT2D eigenvalue weighted by molar-refractivity contribution is 7.21. The van der Waals surface area contributed by atoms with Gasteiger partial charge >= 0.3 is 6.18 Å². The quantitative estimate of drug-likeness (QED) is 0.233. The van der Waals surface area contributed by atoms with Gasteiger partial charge in [0.1, 0.15) is 27.0 Å². The number of aryl methyl sites for hydroxylation is 1. The molecule has 8 nitrogen and oxygen atoms in total. The molecule has 0 fully saturated rings. The zero-order valence-corrected chi connectivity index (χ0v) is 21.4. The SMILES string of the molecule is Cc1ccccc1OCn1ccc(C(=O)Nc2c(C(N)=O)sc3nc(C(F)(F)F)cc(-c4ccc(F)cc4)c23)n1. The maximum atomic E-state index is 13.7. The third-order valence-corrected chi connectivity index (χ3v) is 6.99. The topological polar surface area (TPSA) is 112 Å². The van der Waals surface area contributed by atoms with Gasteiger partial charge in [-0.25, -0.2) is 14.1 Å². The maximum absolute atomic E-state index is 13.7. The lowest BCUT2D eigenvalue weighted by Gasteiger charge is -2.12. The van der Waals surface area contributed by atoms with E-state index in [-0.39, 0.29) is 44.3 Å². The number of amides is 2. The van der Waals surface area contributed by atoms with Crippen LogP contribution >= 0.6 is 11.3 Å². The van der Waals surface area contributed by atoms with E-state index in [9.17, 15) is 27.2 Å². The first-order chi connectivity index (χ1) is 19.0. The van der Waals surface area contributed by atoms with Crippen LogP contribution in [0.3, 0.4) is 0 Å². The van der Waals surface area contributed by atoms with E-state index in [0.29, 0.717) is 17.1 Å². The largest absolute Gasteiger partial charge is 0.471 e. The van der Waals surface area contributed by atoms with Crippen LogP contribution in [0.5, 0.6) is 5.75 Å². The molecule has 40 heavy (non-hydrogen) atoms. The summed E-state index contributed by atoms with van der Waals surface area (Å²) in [5.74, 6) is -1.68. The number of halogens is 4. The first-order valence-electron chi connectivity index (χ1n) is 11.6. The Bertz CT molecular complexity index is 1750.